The molecule has 0 radical (unpaired) electrons. The van der Waals surface area contributed by atoms with Crippen molar-refractivity contribution in [1.29, 1.82) is 5.26 Å². The predicted molar refractivity (Wildman–Crippen MR) is 57.8 cm³/mol. The van der Waals surface area contributed by atoms with Crippen LogP contribution >= 0.6 is 0 Å². The Morgan fingerprint density at radius 2 is 2.19 bits per heavy atom. The standard InChI is InChI=1S/C11H14N4O/c12-5-10-6-15-11(7-14-10)16-8-9-1-3-13-4-2-9/h6-7,9,13H,1-4,8H2. The minimum atomic E-state index is 0.314. The summed E-state index contributed by atoms with van der Waals surface area (Å²) in [5.41, 5.74) is 0.314. The van der Waals surface area contributed by atoms with Crippen molar-refractivity contribution in [2.45, 2.75) is 12.8 Å². The predicted octanol–water partition coefficient (Wildman–Crippen LogP) is 0.727. The number of aromatic nitrogens is 2. The Bertz CT molecular complexity index is 365. The first-order chi connectivity index (χ1) is 7.88. The fraction of sp³-hybridized carbons (Fsp3) is 0.545. The van der Waals surface area contributed by atoms with E-state index in [4.69, 9.17) is 10.00 Å². The molecule has 1 aliphatic rings. The van der Waals surface area contributed by atoms with Crippen LogP contribution in [0.4, 0.5) is 0 Å². The molecule has 0 aliphatic carbocycles. The fourth-order valence-corrected chi connectivity index (χ4v) is 1.70. The highest BCUT2D eigenvalue weighted by molar-refractivity contribution is 5.18. The van der Waals surface area contributed by atoms with Crippen molar-refractivity contribution in [3.8, 4) is 11.9 Å². The zero-order chi connectivity index (χ0) is 11.2. The fourth-order valence-electron chi connectivity index (χ4n) is 1.70. The van der Waals surface area contributed by atoms with Crippen LogP contribution in [-0.2, 0) is 0 Å². The highest BCUT2D eigenvalue weighted by atomic mass is 16.5. The summed E-state index contributed by atoms with van der Waals surface area (Å²) < 4.78 is 5.53. The minimum absolute atomic E-state index is 0.314. The lowest BCUT2D eigenvalue weighted by molar-refractivity contribution is 0.208. The van der Waals surface area contributed by atoms with Crippen molar-refractivity contribution < 1.29 is 4.74 Å². The van der Waals surface area contributed by atoms with Gasteiger partial charge in [-0.3, -0.25) is 0 Å². The molecule has 1 fully saturated rings. The van der Waals surface area contributed by atoms with E-state index in [1.54, 1.807) is 0 Å². The number of nitrogens with zero attached hydrogens (tertiary/aromatic N) is 3. The van der Waals surface area contributed by atoms with Crippen LogP contribution in [0.2, 0.25) is 0 Å². The second-order valence-electron chi connectivity index (χ2n) is 3.86. The molecule has 0 unspecified atom stereocenters. The van der Waals surface area contributed by atoms with E-state index < -0.39 is 0 Å². The Morgan fingerprint density at radius 3 is 2.81 bits per heavy atom. The number of nitriles is 1. The maximum Gasteiger partial charge on any atom is 0.232 e. The van der Waals surface area contributed by atoms with Gasteiger partial charge in [0.25, 0.3) is 0 Å². The van der Waals surface area contributed by atoms with Gasteiger partial charge in [-0.1, -0.05) is 0 Å². The topological polar surface area (TPSA) is 70.8 Å². The van der Waals surface area contributed by atoms with E-state index >= 15 is 0 Å². The van der Waals surface area contributed by atoms with Gasteiger partial charge < -0.3 is 10.1 Å². The SMILES string of the molecule is N#Cc1cnc(OCC2CCNCC2)cn1. The molecule has 2 heterocycles. The zero-order valence-corrected chi connectivity index (χ0v) is 9.02. The molecule has 0 atom stereocenters. The van der Waals surface area contributed by atoms with E-state index in [0.29, 0.717) is 24.1 Å². The van der Waals surface area contributed by atoms with Gasteiger partial charge in [0, 0.05) is 0 Å². The average Bonchev–Trinajstić information content (AvgIpc) is 2.38. The molecule has 0 amide bonds. The second-order valence-corrected chi connectivity index (χ2v) is 3.86. The van der Waals surface area contributed by atoms with E-state index in [-0.39, 0.29) is 0 Å². The lowest BCUT2D eigenvalue weighted by Gasteiger charge is -2.22. The molecule has 0 aromatic carbocycles. The summed E-state index contributed by atoms with van der Waals surface area (Å²) in [4.78, 5) is 7.91. The normalized spacial score (nSPS) is 16.7. The molecule has 5 heteroatoms. The molecular weight excluding hydrogens is 204 g/mol. The molecule has 1 aliphatic heterocycles. The summed E-state index contributed by atoms with van der Waals surface area (Å²) in [7, 11) is 0. The van der Waals surface area contributed by atoms with Crippen LogP contribution in [0.1, 0.15) is 18.5 Å². The molecule has 1 N–H and O–H groups in total. The monoisotopic (exact) mass is 218 g/mol. The summed E-state index contributed by atoms with van der Waals surface area (Å²) >= 11 is 0. The molecule has 5 nitrogen and oxygen atoms in total. The van der Waals surface area contributed by atoms with Crippen LogP contribution < -0.4 is 10.1 Å². The first-order valence-electron chi connectivity index (χ1n) is 5.44. The summed E-state index contributed by atoms with van der Waals surface area (Å²) in [6.07, 6.45) is 5.21. The van der Waals surface area contributed by atoms with E-state index in [2.05, 4.69) is 15.3 Å². The molecule has 0 spiro atoms. The molecular formula is C11H14N4O. The molecule has 1 aromatic rings. The van der Waals surface area contributed by atoms with Crippen molar-refractivity contribution in [3.63, 3.8) is 0 Å². The van der Waals surface area contributed by atoms with Gasteiger partial charge in [-0.2, -0.15) is 5.26 Å². The van der Waals surface area contributed by atoms with Crippen molar-refractivity contribution in [2.75, 3.05) is 19.7 Å². The highest BCUT2D eigenvalue weighted by Crippen LogP contribution is 2.13. The number of rotatable bonds is 3. The molecule has 0 bridgehead atoms. The molecule has 0 saturated carbocycles. The molecule has 16 heavy (non-hydrogen) atoms. The lowest BCUT2D eigenvalue weighted by atomic mass is 9.99. The van der Waals surface area contributed by atoms with Crippen LogP contribution in [0.3, 0.4) is 0 Å². The number of piperidine rings is 1. The summed E-state index contributed by atoms with van der Waals surface area (Å²) in [5.74, 6) is 1.09. The maximum atomic E-state index is 8.56. The van der Waals surface area contributed by atoms with E-state index in [9.17, 15) is 0 Å². The number of ether oxygens (including phenoxy) is 1. The Balaban J connectivity index is 1.82. The van der Waals surface area contributed by atoms with Crippen molar-refractivity contribution >= 4 is 0 Å². The van der Waals surface area contributed by atoms with Crippen molar-refractivity contribution in [2.24, 2.45) is 5.92 Å². The third-order valence-electron chi connectivity index (χ3n) is 2.67. The summed E-state index contributed by atoms with van der Waals surface area (Å²) in [6.45, 7) is 2.81. The minimum Gasteiger partial charge on any atom is -0.476 e. The number of hydrogen-bond donors (Lipinski definition) is 1. The number of nitrogens with one attached hydrogen (secondary N) is 1. The summed E-state index contributed by atoms with van der Waals surface area (Å²) in [5, 5.41) is 11.9. The number of hydrogen-bond acceptors (Lipinski definition) is 5. The Hall–Kier alpha value is -1.67. The second kappa shape index (κ2) is 5.42. The van der Waals surface area contributed by atoms with Gasteiger partial charge in [0.05, 0.1) is 19.0 Å². The largest absolute Gasteiger partial charge is 0.476 e. The van der Waals surface area contributed by atoms with Gasteiger partial charge in [0.15, 0.2) is 5.69 Å². The smallest absolute Gasteiger partial charge is 0.232 e. The van der Waals surface area contributed by atoms with Crippen LogP contribution in [0.25, 0.3) is 0 Å². The van der Waals surface area contributed by atoms with E-state index in [1.165, 1.54) is 12.4 Å². The molecule has 84 valence electrons. The average molecular weight is 218 g/mol. The molecule has 2 rings (SSSR count). The van der Waals surface area contributed by atoms with E-state index in [1.807, 2.05) is 6.07 Å². The van der Waals surface area contributed by atoms with Gasteiger partial charge in [-0.05, 0) is 31.8 Å². The van der Waals surface area contributed by atoms with E-state index in [0.717, 1.165) is 25.9 Å². The summed E-state index contributed by atoms with van der Waals surface area (Å²) in [6, 6.07) is 1.92. The first-order valence-corrected chi connectivity index (χ1v) is 5.44. The Morgan fingerprint density at radius 1 is 1.38 bits per heavy atom. The first kappa shape index (κ1) is 10.8. The van der Waals surface area contributed by atoms with Gasteiger partial charge >= 0.3 is 0 Å². The molecule has 1 aromatic heterocycles. The van der Waals surface area contributed by atoms with Crippen molar-refractivity contribution in [3.05, 3.63) is 18.1 Å². The third-order valence-corrected chi connectivity index (χ3v) is 2.67. The Kier molecular flexibility index (Phi) is 3.67. The zero-order valence-electron chi connectivity index (χ0n) is 9.02. The van der Waals surface area contributed by atoms with Gasteiger partial charge in [-0.25, -0.2) is 9.97 Å². The van der Waals surface area contributed by atoms with Crippen LogP contribution in [-0.4, -0.2) is 29.7 Å². The third kappa shape index (κ3) is 2.91. The quantitative estimate of drug-likeness (QED) is 0.809. The van der Waals surface area contributed by atoms with Gasteiger partial charge in [0.1, 0.15) is 6.07 Å². The van der Waals surface area contributed by atoms with Crippen LogP contribution in [0.5, 0.6) is 5.88 Å². The lowest BCUT2D eigenvalue weighted by Crippen LogP contribution is -2.30. The van der Waals surface area contributed by atoms with Crippen LogP contribution in [0.15, 0.2) is 12.4 Å². The Labute approximate surface area is 94.5 Å². The van der Waals surface area contributed by atoms with Gasteiger partial charge in [-0.15, -0.1) is 0 Å². The van der Waals surface area contributed by atoms with Crippen LogP contribution in [0, 0.1) is 17.2 Å². The molecule has 1 saturated heterocycles. The highest BCUT2D eigenvalue weighted by Gasteiger charge is 2.13. The maximum absolute atomic E-state index is 8.56. The van der Waals surface area contributed by atoms with Crippen molar-refractivity contribution in [1.82, 2.24) is 15.3 Å². The van der Waals surface area contributed by atoms with Gasteiger partial charge in [0.2, 0.25) is 5.88 Å².